The van der Waals surface area contributed by atoms with Crippen molar-refractivity contribution < 1.29 is 4.79 Å². The number of pyridine rings is 2. The second kappa shape index (κ2) is 9.53. The fraction of sp³-hybridized carbons (Fsp3) is 0.345. The first-order valence-electron chi connectivity index (χ1n) is 12.4. The molecule has 1 saturated heterocycles. The van der Waals surface area contributed by atoms with Crippen LogP contribution in [0, 0.1) is 26.7 Å². The summed E-state index contributed by atoms with van der Waals surface area (Å²) in [6.45, 7) is 10.6. The van der Waals surface area contributed by atoms with E-state index in [1.54, 1.807) is 6.20 Å². The van der Waals surface area contributed by atoms with E-state index in [9.17, 15) is 4.79 Å². The monoisotopic (exact) mass is 467 g/mol. The Bertz CT molecular complexity index is 1360. The molecule has 0 aliphatic carbocycles. The Hall–Kier alpha value is -3.67. The average molecular weight is 468 g/mol. The maximum Gasteiger partial charge on any atom is 0.230 e. The van der Waals surface area contributed by atoms with Crippen molar-refractivity contribution in [2.75, 3.05) is 23.3 Å². The van der Waals surface area contributed by atoms with Gasteiger partial charge >= 0.3 is 0 Å². The zero-order chi connectivity index (χ0) is 24.5. The van der Waals surface area contributed by atoms with Crippen LogP contribution in [-0.4, -0.2) is 33.4 Å². The molecule has 0 bridgehead atoms. The number of hydrogen-bond donors (Lipinski definition) is 1. The smallest absolute Gasteiger partial charge is 0.230 e. The summed E-state index contributed by atoms with van der Waals surface area (Å²) < 4.78 is 2.04. The van der Waals surface area contributed by atoms with Gasteiger partial charge in [-0.15, -0.1) is 0 Å². The van der Waals surface area contributed by atoms with Gasteiger partial charge in [0.05, 0.1) is 29.7 Å². The highest BCUT2D eigenvalue weighted by atomic mass is 16.1. The number of benzene rings is 1. The second-order valence-corrected chi connectivity index (χ2v) is 9.89. The minimum Gasteiger partial charge on any atom is -0.357 e. The molecule has 0 unspecified atom stereocenters. The summed E-state index contributed by atoms with van der Waals surface area (Å²) in [7, 11) is 0. The van der Waals surface area contributed by atoms with E-state index in [0.29, 0.717) is 5.69 Å². The molecule has 1 aliphatic heterocycles. The van der Waals surface area contributed by atoms with Gasteiger partial charge in [-0.05, 0) is 80.5 Å². The van der Waals surface area contributed by atoms with Crippen LogP contribution in [0.15, 0.2) is 54.9 Å². The van der Waals surface area contributed by atoms with Crippen molar-refractivity contribution >= 4 is 23.1 Å². The van der Waals surface area contributed by atoms with Crippen molar-refractivity contribution in [1.82, 2.24) is 14.4 Å². The van der Waals surface area contributed by atoms with Crippen molar-refractivity contribution in [2.45, 2.75) is 47.0 Å². The van der Waals surface area contributed by atoms with E-state index in [1.165, 1.54) is 24.0 Å². The predicted molar refractivity (Wildman–Crippen MR) is 142 cm³/mol. The van der Waals surface area contributed by atoms with Gasteiger partial charge in [-0.25, -0.2) is 9.97 Å². The summed E-state index contributed by atoms with van der Waals surface area (Å²) in [4.78, 5) is 25.0. The Morgan fingerprint density at radius 3 is 2.54 bits per heavy atom. The van der Waals surface area contributed by atoms with Crippen LogP contribution in [-0.2, 0) is 11.2 Å². The first kappa shape index (κ1) is 23.1. The SMILES string of the molecule is Cc1ccc(-c2nc3c(C)cccn3c2CC(=O)Nc2ccc(N3CCC(C)CC3)nc2)cc1C. The number of aromatic nitrogens is 3. The van der Waals surface area contributed by atoms with Crippen LogP contribution in [0.2, 0.25) is 0 Å². The van der Waals surface area contributed by atoms with Crippen molar-refractivity contribution in [1.29, 1.82) is 0 Å². The Morgan fingerprint density at radius 2 is 1.83 bits per heavy atom. The zero-order valence-electron chi connectivity index (χ0n) is 21.0. The molecule has 180 valence electrons. The highest BCUT2D eigenvalue weighted by Crippen LogP contribution is 2.28. The van der Waals surface area contributed by atoms with Crippen LogP contribution < -0.4 is 10.2 Å². The van der Waals surface area contributed by atoms with E-state index in [1.807, 2.05) is 41.8 Å². The van der Waals surface area contributed by atoms with Crippen LogP contribution in [0.4, 0.5) is 11.5 Å². The molecule has 5 rings (SSSR count). The van der Waals surface area contributed by atoms with Crippen LogP contribution in [0.5, 0.6) is 0 Å². The van der Waals surface area contributed by atoms with E-state index < -0.39 is 0 Å². The largest absolute Gasteiger partial charge is 0.357 e. The van der Waals surface area contributed by atoms with Crippen LogP contribution in [0.25, 0.3) is 16.9 Å². The molecule has 3 aromatic heterocycles. The lowest BCUT2D eigenvalue weighted by Crippen LogP contribution is -2.33. The third kappa shape index (κ3) is 4.78. The summed E-state index contributed by atoms with van der Waals surface area (Å²) in [6.07, 6.45) is 6.36. The average Bonchev–Trinajstić information content (AvgIpc) is 3.21. The molecule has 4 aromatic rings. The molecule has 1 amide bonds. The molecule has 6 heteroatoms. The summed E-state index contributed by atoms with van der Waals surface area (Å²) in [5.74, 6) is 1.67. The molecule has 0 saturated carbocycles. The quantitative estimate of drug-likeness (QED) is 0.407. The first-order valence-corrected chi connectivity index (χ1v) is 12.4. The minimum atomic E-state index is -0.0836. The van der Waals surface area contributed by atoms with Crippen molar-refractivity contribution in [2.24, 2.45) is 5.92 Å². The topological polar surface area (TPSA) is 62.5 Å². The van der Waals surface area contributed by atoms with Gasteiger partial charge < -0.3 is 14.6 Å². The highest BCUT2D eigenvalue weighted by Gasteiger charge is 2.20. The summed E-state index contributed by atoms with van der Waals surface area (Å²) in [5, 5.41) is 3.03. The van der Waals surface area contributed by atoms with Crippen molar-refractivity contribution in [3.8, 4) is 11.3 Å². The van der Waals surface area contributed by atoms with Crippen LogP contribution in [0.1, 0.15) is 42.1 Å². The minimum absolute atomic E-state index is 0.0836. The lowest BCUT2D eigenvalue weighted by molar-refractivity contribution is -0.115. The van der Waals surface area contributed by atoms with Gasteiger partial charge in [0.1, 0.15) is 11.5 Å². The fourth-order valence-electron chi connectivity index (χ4n) is 4.78. The van der Waals surface area contributed by atoms with Gasteiger partial charge in [0.2, 0.25) is 5.91 Å². The molecule has 1 fully saturated rings. The Labute approximate surface area is 207 Å². The number of imidazole rings is 1. The maximum atomic E-state index is 13.1. The Kier molecular flexibility index (Phi) is 6.29. The lowest BCUT2D eigenvalue weighted by Gasteiger charge is -2.31. The number of anilines is 2. The third-order valence-corrected chi connectivity index (χ3v) is 7.19. The molecule has 6 nitrogen and oxygen atoms in total. The molecule has 0 spiro atoms. The van der Waals surface area contributed by atoms with E-state index in [2.05, 4.69) is 54.2 Å². The maximum absolute atomic E-state index is 13.1. The standard InChI is InChI=1S/C29H33N5O/c1-19-11-14-33(15-12-19)26-10-9-24(18-30-26)31-27(35)17-25-28(23-8-7-20(2)22(4)16-23)32-29-21(3)6-5-13-34(25)29/h5-10,13,16,18-19H,11-12,14-15,17H2,1-4H3,(H,31,35). The molecule has 0 atom stereocenters. The Balaban J connectivity index is 1.38. The number of amides is 1. The summed E-state index contributed by atoms with van der Waals surface area (Å²) >= 11 is 0. The van der Waals surface area contributed by atoms with E-state index in [4.69, 9.17) is 4.98 Å². The molecule has 0 radical (unpaired) electrons. The molecule has 1 N–H and O–H groups in total. The molecular formula is C29H33N5O. The summed E-state index contributed by atoms with van der Waals surface area (Å²) in [6, 6.07) is 14.3. The van der Waals surface area contributed by atoms with E-state index in [-0.39, 0.29) is 12.3 Å². The third-order valence-electron chi connectivity index (χ3n) is 7.19. The van der Waals surface area contributed by atoms with Gasteiger partial charge in [0.25, 0.3) is 0 Å². The normalized spacial score (nSPS) is 14.5. The number of hydrogen-bond acceptors (Lipinski definition) is 4. The van der Waals surface area contributed by atoms with E-state index >= 15 is 0 Å². The van der Waals surface area contributed by atoms with Gasteiger partial charge in [0.15, 0.2) is 0 Å². The number of nitrogens with one attached hydrogen (secondary N) is 1. The van der Waals surface area contributed by atoms with Crippen molar-refractivity contribution in [3.05, 3.63) is 77.2 Å². The van der Waals surface area contributed by atoms with Gasteiger partial charge in [0, 0.05) is 24.8 Å². The highest BCUT2D eigenvalue weighted by molar-refractivity contribution is 5.93. The fourth-order valence-corrected chi connectivity index (χ4v) is 4.78. The summed E-state index contributed by atoms with van der Waals surface area (Å²) in [5.41, 5.74) is 7.88. The molecule has 1 aromatic carbocycles. The molecule has 4 heterocycles. The number of aryl methyl sites for hydroxylation is 3. The molecular weight excluding hydrogens is 434 g/mol. The zero-order valence-corrected chi connectivity index (χ0v) is 21.0. The molecule has 1 aliphatic rings. The van der Waals surface area contributed by atoms with Crippen LogP contribution in [0.3, 0.4) is 0 Å². The number of rotatable bonds is 5. The van der Waals surface area contributed by atoms with Crippen LogP contribution >= 0.6 is 0 Å². The predicted octanol–water partition coefficient (Wildman–Crippen LogP) is 5.74. The first-order chi connectivity index (χ1) is 16.9. The van der Waals surface area contributed by atoms with Gasteiger partial charge in [-0.2, -0.15) is 0 Å². The number of carbonyl (C=O) groups excluding carboxylic acids is 1. The van der Waals surface area contributed by atoms with E-state index in [0.717, 1.165) is 53.0 Å². The number of fused-ring (bicyclic) bond motifs is 1. The number of carbonyl (C=O) groups is 1. The second-order valence-electron chi connectivity index (χ2n) is 9.89. The number of nitrogens with zero attached hydrogens (tertiary/aromatic N) is 4. The lowest BCUT2D eigenvalue weighted by atomic mass is 9.99. The van der Waals surface area contributed by atoms with Crippen molar-refractivity contribution in [3.63, 3.8) is 0 Å². The molecule has 35 heavy (non-hydrogen) atoms. The Morgan fingerprint density at radius 1 is 1.03 bits per heavy atom. The number of piperidine rings is 1. The van der Waals surface area contributed by atoms with Gasteiger partial charge in [-0.3, -0.25) is 4.79 Å². The van der Waals surface area contributed by atoms with Gasteiger partial charge in [-0.1, -0.05) is 25.1 Å².